The molecule has 0 aromatic heterocycles. The van der Waals surface area contributed by atoms with E-state index in [1.54, 1.807) is 4.90 Å². The number of carbonyl (C=O) groups is 2. The van der Waals surface area contributed by atoms with E-state index >= 15 is 0 Å². The normalized spacial score (nSPS) is 24.0. The Balaban J connectivity index is 1.76. The lowest BCUT2D eigenvalue weighted by atomic mass is 10.1. The van der Waals surface area contributed by atoms with Crippen molar-refractivity contribution < 1.29 is 19.4 Å². The molecule has 2 aliphatic rings. The number of aliphatic hydroxyl groups is 1. The van der Waals surface area contributed by atoms with Gasteiger partial charge < -0.3 is 19.6 Å². The van der Waals surface area contributed by atoms with Crippen molar-refractivity contribution in [3.63, 3.8) is 0 Å². The standard InChI is InChI=1S/C17H31N3O4/c1-4-24-12-15(21)11-18-5-7-19(8-6-18)17(23)14-9-16(22)20(10-14)13(2)3/h13-15,21H,4-12H2,1-3H3/t14-,15+/m1/s1. The predicted molar refractivity (Wildman–Crippen MR) is 90.5 cm³/mol. The van der Waals surface area contributed by atoms with Gasteiger partial charge in [0, 0.05) is 58.3 Å². The van der Waals surface area contributed by atoms with Crippen LogP contribution in [0.25, 0.3) is 0 Å². The van der Waals surface area contributed by atoms with Crippen LogP contribution >= 0.6 is 0 Å². The summed E-state index contributed by atoms with van der Waals surface area (Å²) in [6.07, 6.45) is -0.149. The van der Waals surface area contributed by atoms with Crippen molar-refractivity contribution in [2.75, 3.05) is 52.5 Å². The van der Waals surface area contributed by atoms with Crippen molar-refractivity contribution >= 4 is 11.8 Å². The average molecular weight is 341 g/mol. The summed E-state index contributed by atoms with van der Waals surface area (Å²) in [5, 5.41) is 9.90. The number of rotatable bonds is 7. The molecule has 0 aromatic carbocycles. The van der Waals surface area contributed by atoms with Gasteiger partial charge in [-0.2, -0.15) is 0 Å². The summed E-state index contributed by atoms with van der Waals surface area (Å²) in [5.41, 5.74) is 0. The van der Waals surface area contributed by atoms with Crippen LogP contribution in [0.2, 0.25) is 0 Å². The lowest BCUT2D eigenvalue weighted by molar-refractivity contribution is -0.137. The van der Waals surface area contributed by atoms with E-state index in [0.29, 0.717) is 45.8 Å². The Labute approximate surface area is 144 Å². The molecular weight excluding hydrogens is 310 g/mol. The van der Waals surface area contributed by atoms with Gasteiger partial charge in [-0.05, 0) is 20.8 Å². The summed E-state index contributed by atoms with van der Waals surface area (Å²) in [6, 6.07) is 0.152. The van der Waals surface area contributed by atoms with Crippen molar-refractivity contribution in [3.05, 3.63) is 0 Å². The molecule has 2 aliphatic heterocycles. The van der Waals surface area contributed by atoms with E-state index in [1.165, 1.54) is 0 Å². The molecule has 2 saturated heterocycles. The maximum atomic E-state index is 12.6. The summed E-state index contributed by atoms with van der Waals surface area (Å²) in [6.45, 7) is 10.8. The highest BCUT2D eigenvalue weighted by Crippen LogP contribution is 2.22. The molecular formula is C17H31N3O4. The van der Waals surface area contributed by atoms with Gasteiger partial charge in [0.25, 0.3) is 0 Å². The zero-order chi connectivity index (χ0) is 17.7. The van der Waals surface area contributed by atoms with Gasteiger partial charge in [-0.25, -0.2) is 0 Å². The molecule has 24 heavy (non-hydrogen) atoms. The highest BCUT2D eigenvalue weighted by molar-refractivity contribution is 5.89. The molecule has 0 radical (unpaired) electrons. The molecule has 2 heterocycles. The predicted octanol–water partition coefficient (Wildman–Crippen LogP) is -0.215. The maximum Gasteiger partial charge on any atom is 0.228 e. The Morgan fingerprint density at radius 2 is 1.96 bits per heavy atom. The molecule has 0 aromatic rings. The molecule has 2 atom stereocenters. The Morgan fingerprint density at radius 3 is 2.50 bits per heavy atom. The van der Waals surface area contributed by atoms with Crippen molar-refractivity contribution in [2.24, 2.45) is 5.92 Å². The van der Waals surface area contributed by atoms with Crippen LogP contribution in [0.15, 0.2) is 0 Å². The van der Waals surface area contributed by atoms with Crippen LogP contribution < -0.4 is 0 Å². The summed E-state index contributed by atoms with van der Waals surface area (Å²) in [5.74, 6) is -0.0166. The largest absolute Gasteiger partial charge is 0.389 e. The smallest absolute Gasteiger partial charge is 0.228 e. The first-order valence-electron chi connectivity index (χ1n) is 8.98. The van der Waals surface area contributed by atoms with Gasteiger partial charge in [0.05, 0.1) is 18.6 Å². The van der Waals surface area contributed by atoms with Crippen LogP contribution in [0, 0.1) is 5.92 Å². The van der Waals surface area contributed by atoms with E-state index in [1.807, 2.05) is 25.7 Å². The van der Waals surface area contributed by atoms with E-state index in [-0.39, 0.29) is 23.8 Å². The van der Waals surface area contributed by atoms with E-state index < -0.39 is 6.10 Å². The fourth-order valence-electron chi connectivity index (χ4n) is 3.41. The van der Waals surface area contributed by atoms with Crippen molar-refractivity contribution in [2.45, 2.75) is 39.3 Å². The molecule has 7 nitrogen and oxygen atoms in total. The zero-order valence-corrected chi connectivity index (χ0v) is 15.1. The Morgan fingerprint density at radius 1 is 1.29 bits per heavy atom. The summed E-state index contributed by atoms with van der Waals surface area (Å²) in [4.78, 5) is 30.4. The molecule has 2 fully saturated rings. The number of amides is 2. The highest BCUT2D eigenvalue weighted by Gasteiger charge is 2.38. The second-order valence-electron chi connectivity index (χ2n) is 6.98. The maximum absolute atomic E-state index is 12.6. The van der Waals surface area contributed by atoms with Crippen LogP contribution in [0.4, 0.5) is 0 Å². The summed E-state index contributed by atoms with van der Waals surface area (Å²) in [7, 11) is 0. The van der Waals surface area contributed by atoms with Gasteiger partial charge in [-0.1, -0.05) is 0 Å². The quantitative estimate of drug-likeness (QED) is 0.693. The lowest BCUT2D eigenvalue weighted by Crippen LogP contribution is -2.52. The third-order valence-electron chi connectivity index (χ3n) is 4.80. The summed E-state index contributed by atoms with van der Waals surface area (Å²) < 4.78 is 5.23. The third kappa shape index (κ3) is 4.91. The van der Waals surface area contributed by atoms with Gasteiger partial charge in [-0.3, -0.25) is 14.5 Å². The number of aliphatic hydroxyl groups excluding tert-OH is 1. The lowest BCUT2D eigenvalue weighted by Gasteiger charge is -2.36. The van der Waals surface area contributed by atoms with E-state index in [9.17, 15) is 14.7 Å². The Bertz CT molecular complexity index is 436. The minimum atomic E-state index is -0.487. The zero-order valence-electron chi connectivity index (χ0n) is 15.1. The first-order chi connectivity index (χ1) is 11.4. The molecule has 7 heteroatoms. The summed E-state index contributed by atoms with van der Waals surface area (Å²) >= 11 is 0. The second kappa shape index (κ2) is 8.78. The number of hydrogen-bond donors (Lipinski definition) is 1. The SMILES string of the molecule is CCOC[C@@H](O)CN1CCN(C(=O)[C@@H]2CC(=O)N(C(C)C)C2)CC1. The minimum Gasteiger partial charge on any atom is -0.389 e. The Hall–Kier alpha value is -1.18. The van der Waals surface area contributed by atoms with Crippen LogP contribution in [0.1, 0.15) is 27.2 Å². The van der Waals surface area contributed by atoms with E-state index in [4.69, 9.17) is 4.74 Å². The molecule has 2 amide bonds. The van der Waals surface area contributed by atoms with E-state index in [2.05, 4.69) is 4.90 Å². The number of hydrogen-bond acceptors (Lipinski definition) is 5. The monoisotopic (exact) mass is 341 g/mol. The molecule has 0 unspecified atom stereocenters. The first-order valence-corrected chi connectivity index (χ1v) is 8.98. The highest BCUT2D eigenvalue weighted by atomic mass is 16.5. The average Bonchev–Trinajstić information content (AvgIpc) is 2.95. The molecule has 0 bridgehead atoms. The molecule has 2 rings (SSSR count). The van der Waals surface area contributed by atoms with Gasteiger partial charge in [0.2, 0.25) is 11.8 Å². The third-order valence-corrected chi connectivity index (χ3v) is 4.80. The molecule has 1 N–H and O–H groups in total. The Kier molecular flexibility index (Phi) is 7.01. The molecule has 0 aliphatic carbocycles. The number of nitrogens with zero attached hydrogens (tertiary/aromatic N) is 3. The number of carbonyl (C=O) groups excluding carboxylic acids is 2. The molecule has 0 spiro atoms. The second-order valence-corrected chi connectivity index (χ2v) is 6.98. The van der Waals surface area contributed by atoms with Gasteiger partial charge in [-0.15, -0.1) is 0 Å². The van der Waals surface area contributed by atoms with Gasteiger partial charge in [0.15, 0.2) is 0 Å². The molecule has 0 saturated carbocycles. The van der Waals surface area contributed by atoms with E-state index in [0.717, 1.165) is 13.1 Å². The van der Waals surface area contributed by atoms with Crippen molar-refractivity contribution in [1.82, 2.24) is 14.7 Å². The fourth-order valence-corrected chi connectivity index (χ4v) is 3.41. The van der Waals surface area contributed by atoms with Crippen molar-refractivity contribution in [3.8, 4) is 0 Å². The number of piperazine rings is 1. The number of ether oxygens (including phenoxy) is 1. The van der Waals surface area contributed by atoms with Gasteiger partial charge in [0.1, 0.15) is 0 Å². The first kappa shape index (κ1) is 19.1. The van der Waals surface area contributed by atoms with Crippen molar-refractivity contribution in [1.29, 1.82) is 0 Å². The number of β-amino-alcohol motifs (C(OH)–C–C–N with tert-alkyl or cyclic N) is 1. The van der Waals surface area contributed by atoms with Crippen LogP contribution in [-0.2, 0) is 14.3 Å². The molecule has 138 valence electrons. The minimum absolute atomic E-state index is 0.0843. The topological polar surface area (TPSA) is 73.3 Å². The van der Waals surface area contributed by atoms with Crippen LogP contribution in [0.5, 0.6) is 0 Å². The fraction of sp³-hybridized carbons (Fsp3) is 0.882. The van der Waals surface area contributed by atoms with Crippen LogP contribution in [0.3, 0.4) is 0 Å². The van der Waals surface area contributed by atoms with Crippen LogP contribution in [-0.4, -0.2) is 96.2 Å². The number of likely N-dealkylation sites (tertiary alicyclic amines) is 1. The van der Waals surface area contributed by atoms with Gasteiger partial charge >= 0.3 is 0 Å².